The quantitative estimate of drug-likeness (QED) is 0.716. The zero-order valence-corrected chi connectivity index (χ0v) is 15.6. The van der Waals surface area contributed by atoms with Crippen LogP contribution in [0.15, 0.2) is 0 Å². The van der Waals surface area contributed by atoms with E-state index in [1.807, 2.05) is 16.8 Å². The van der Waals surface area contributed by atoms with Crippen LogP contribution in [0, 0.1) is 0 Å². The van der Waals surface area contributed by atoms with Gasteiger partial charge in [0.1, 0.15) is 11.6 Å². The summed E-state index contributed by atoms with van der Waals surface area (Å²) in [6.07, 6.45) is -2.47. The van der Waals surface area contributed by atoms with Crippen LogP contribution >= 0.6 is 0 Å². The number of aliphatic carboxylic acids is 1. The number of hydrogen-bond donors (Lipinski definition) is 2. The van der Waals surface area contributed by atoms with Gasteiger partial charge in [0.2, 0.25) is 11.8 Å². The van der Waals surface area contributed by atoms with E-state index < -0.39 is 12.1 Å². The Morgan fingerprint density at radius 1 is 1.26 bits per heavy atom. The number of alkyl halides is 3. The summed E-state index contributed by atoms with van der Waals surface area (Å²) in [7, 11) is 3.57. The number of ether oxygens (including phenoxy) is 1. The number of carbonyl (C=O) groups excluding carboxylic acids is 2. The molecule has 1 atom stereocenters. The first kappa shape index (κ1) is 23.2. The Hall–Kier alpha value is -1.88. The number of amides is 2. The number of carboxylic acid groups (broad SMARTS) is 1. The van der Waals surface area contributed by atoms with E-state index >= 15 is 0 Å². The average molecular weight is 397 g/mol. The molecule has 2 saturated heterocycles. The highest BCUT2D eigenvalue weighted by Gasteiger charge is 2.50. The lowest BCUT2D eigenvalue weighted by atomic mass is 9.90. The highest BCUT2D eigenvalue weighted by Crippen LogP contribution is 2.31. The molecule has 2 rings (SSSR count). The number of unbranched alkanes of at least 4 members (excludes halogenated alkanes) is 1. The minimum Gasteiger partial charge on any atom is -0.475 e. The van der Waals surface area contributed by atoms with Crippen molar-refractivity contribution in [3.05, 3.63) is 0 Å². The number of likely N-dealkylation sites (N-methyl/N-ethyl adjacent to an activating group) is 2. The largest absolute Gasteiger partial charge is 0.490 e. The Labute approximate surface area is 155 Å². The molecule has 0 aromatic carbocycles. The molecule has 156 valence electrons. The summed E-state index contributed by atoms with van der Waals surface area (Å²) in [5, 5.41) is 9.78. The fourth-order valence-electron chi connectivity index (χ4n) is 2.94. The van der Waals surface area contributed by atoms with Gasteiger partial charge in [0.15, 0.2) is 0 Å². The van der Waals surface area contributed by atoms with Crippen molar-refractivity contribution in [3.8, 4) is 0 Å². The third-order valence-corrected chi connectivity index (χ3v) is 4.46. The molecule has 1 unspecified atom stereocenters. The van der Waals surface area contributed by atoms with Crippen LogP contribution in [-0.4, -0.2) is 90.8 Å². The van der Waals surface area contributed by atoms with Crippen LogP contribution in [0.2, 0.25) is 0 Å². The van der Waals surface area contributed by atoms with Crippen molar-refractivity contribution in [2.45, 2.75) is 44.0 Å². The molecule has 11 heteroatoms. The number of carboxylic acids is 1. The highest BCUT2D eigenvalue weighted by molar-refractivity contribution is 5.82. The molecule has 2 amide bonds. The lowest BCUT2D eigenvalue weighted by Crippen LogP contribution is -2.73. The topological polar surface area (TPSA) is 99.2 Å². The smallest absolute Gasteiger partial charge is 0.475 e. The third-order valence-electron chi connectivity index (χ3n) is 4.46. The molecular weight excluding hydrogens is 371 g/mol. The number of nitrogens with one attached hydrogen (secondary N) is 1. The van der Waals surface area contributed by atoms with Crippen LogP contribution in [0.4, 0.5) is 13.2 Å². The van der Waals surface area contributed by atoms with Crippen molar-refractivity contribution in [3.63, 3.8) is 0 Å². The van der Waals surface area contributed by atoms with Crippen molar-refractivity contribution in [2.75, 3.05) is 40.3 Å². The molecule has 8 nitrogen and oxygen atoms in total. The molecule has 27 heavy (non-hydrogen) atoms. The Kier molecular flexibility index (Phi) is 8.03. The molecule has 0 aromatic rings. The van der Waals surface area contributed by atoms with E-state index in [9.17, 15) is 22.8 Å². The van der Waals surface area contributed by atoms with Gasteiger partial charge < -0.3 is 20.1 Å². The van der Waals surface area contributed by atoms with Crippen LogP contribution < -0.4 is 5.32 Å². The zero-order chi connectivity index (χ0) is 20.8. The van der Waals surface area contributed by atoms with Gasteiger partial charge >= 0.3 is 12.1 Å². The minimum atomic E-state index is -5.08. The number of hydrogen-bond acceptors (Lipinski definition) is 5. The van der Waals surface area contributed by atoms with Crippen LogP contribution in [-0.2, 0) is 19.1 Å². The molecule has 0 saturated carbocycles. The number of carbonyl (C=O) groups is 3. The Morgan fingerprint density at radius 2 is 1.81 bits per heavy atom. The van der Waals surface area contributed by atoms with Gasteiger partial charge in [0.25, 0.3) is 0 Å². The summed E-state index contributed by atoms with van der Waals surface area (Å²) in [5.41, 5.74) is -0.263. The molecule has 2 aliphatic heterocycles. The maximum absolute atomic E-state index is 11.9. The molecule has 2 aliphatic rings. The second kappa shape index (κ2) is 9.36. The standard InChI is InChI=1S/C14H25N3O3.C2HF3O2/c1-4-5-6-12(18)17-9-14(10-17)8-16(3)11(7-20-14)13(19)15-2;3-2(4,5)1(6)7/h11H,4-10H2,1-3H3,(H,15,19);(H,6,7). The predicted octanol–water partition coefficient (Wildman–Crippen LogP) is 0.468. The van der Waals surface area contributed by atoms with Gasteiger partial charge in [-0.1, -0.05) is 13.3 Å². The normalized spacial score (nSPS) is 21.7. The molecule has 0 bridgehead atoms. The molecule has 2 N–H and O–H groups in total. The van der Waals surface area contributed by atoms with Crippen LogP contribution in [0.3, 0.4) is 0 Å². The van der Waals surface area contributed by atoms with E-state index in [1.54, 1.807) is 7.05 Å². The Bertz CT molecular complexity index is 550. The van der Waals surface area contributed by atoms with Crippen molar-refractivity contribution < 1.29 is 37.4 Å². The fraction of sp³-hybridized carbons (Fsp3) is 0.812. The SMILES string of the molecule is CCCCC(=O)N1CC2(C1)CN(C)C(C(=O)NC)CO2.O=C(O)C(F)(F)F. The summed E-state index contributed by atoms with van der Waals surface area (Å²) in [6.45, 7) is 4.49. The number of halogens is 3. The van der Waals surface area contributed by atoms with Gasteiger partial charge in [-0.3, -0.25) is 14.5 Å². The Morgan fingerprint density at radius 3 is 2.22 bits per heavy atom. The molecule has 0 radical (unpaired) electrons. The van der Waals surface area contributed by atoms with Crippen molar-refractivity contribution >= 4 is 17.8 Å². The highest BCUT2D eigenvalue weighted by atomic mass is 19.4. The first-order valence-electron chi connectivity index (χ1n) is 8.59. The number of rotatable bonds is 4. The van der Waals surface area contributed by atoms with Gasteiger partial charge in [-0.2, -0.15) is 13.2 Å². The first-order valence-corrected chi connectivity index (χ1v) is 8.59. The van der Waals surface area contributed by atoms with Crippen LogP contribution in [0.1, 0.15) is 26.2 Å². The van der Waals surface area contributed by atoms with Crippen molar-refractivity contribution in [1.82, 2.24) is 15.1 Å². The van der Waals surface area contributed by atoms with E-state index in [-0.39, 0.29) is 23.5 Å². The van der Waals surface area contributed by atoms with Gasteiger partial charge in [0.05, 0.1) is 19.7 Å². The second-order valence-corrected chi connectivity index (χ2v) is 6.70. The van der Waals surface area contributed by atoms with E-state index in [1.165, 1.54) is 0 Å². The van der Waals surface area contributed by atoms with E-state index in [0.29, 0.717) is 32.7 Å². The predicted molar refractivity (Wildman–Crippen MR) is 89.0 cm³/mol. The molecule has 1 spiro atoms. The van der Waals surface area contributed by atoms with E-state index in [4.69, 9.17) is 14.6 Å². The maximum atomic E-state index is 11.9. The minimum absolute atomic E-state index is 0.0162. The van der Waals surface area contributed by atoms with Crippen molar-refractivity contribution in [1.29, 1.82) is 0 Å². The Balaban J connectivity index is 0.000000445. The lowest BCUT2D eigenvalue weighted by Gasteiger charge is -2.54. The maximum Gasteiger partial charge on any atom is 0.490 e. The lowest BCUT2D eigenvalue weighted by molar-refractivity contribution is -0.201. The molecule has 2 fully saturated rings. The molecule has 0 aliphatic carbocycles. The third kappa shape index (κ3) is 6.35. The van der Waals surface area contributed by atoms with Crippen LogP contribution in [0.25, 0.3) is 0 Å². The van der Waals surface area contributed by atoms with Crippen molar-refractivity contribution in [2.24, 2.45) is 0 Å². The molecular formula is C16H26F3N3O5. The average Bonchev–Trinajstić information content (AvgIpc) is 2.56. The molecule has 0 aromatic heterocycles. The van der Waals surface area contributed by atoms with Gasteiger partial charge in [0, 0.05) is 20.0 Å². The van der Waals surface area contributed by atoms with Crippen LogP contribution in [0.5, 0.6) is 0 Å². The fourth-order valence-corrected chi connectivity index (χ4v) is 2.94. The molecule has 2 heterocycles. The summed E-state index contributed by atoms with van der Waals surface area (Å²) in [6, 6.07) is -0.226. The van der Waals surface area contributed by atoms with Gasteiger partial charge in [-0.25, -0.2) is 4.79 Å². The van der Waals surface area contributed by atoms with E-state index in [2.05, 4.69) is 12.2 Å². The van der Waals surface area contributed by atoms with Gasteiger partial charge in [-0.15, -0.1) is 0 Å². The summed E-state index contributed by atoms with van der Waals surface area (Å²) in [4.78, 5) is 36.4. The summed E-state index contributed by atoms with van der Waals surface area (Å²) < 4.78 is 37.6. The zero-order valence-electron chi connectivity index (χ0n) is 15.6. The monoisotopic (exact) mass is 397 g/mol. The second-order valence-electron chi connectivity index (χ2n) is 6.70. The number of likely N-dealkylation sites (tertiary alicyclic amines) is 1. The summed E-state index contributed by atoms with van der Waals surface area (Å²) >= 11 is 0. The van der Waals surface area contributed by atoms with Gasteiger partial charge in [-0.05, 0) is 13.5 Å². The van der Waals surface area contributed by atoms with E-state index in [0.717, 1.165) is 12.8 Å². The summed E-state index contributed by atoms with van der Waals surface area (Å²) in [5.74, 6) is -2.55. The number of nitrogens with zero attached hydrogens (tertiary/aromatic N) is 2. The number of morpholine rings is 1. The first-order chi connectivity index (χ1) is 12.5.